The number of carboxylic acids is 1. The van der Waals surface area contributed by atoms with Crippen molar-refractivity contribution in [1.29, 1.82) is 0 Å². The first-order valence-electron chi connectivity index (χ1n) is 5.13. The number of fused-ring (bicyclic) bond motifs is 1. The Morgan fingerprint density at radius 1 is 1.67 bits per heavy atom. The van der Waals surface area contributed by atoms with Crippen LogP contribution in [0.15, 0.2) is 0 Å². The Kier molecular flexibility index (Phi) is 2.48. The molecule has 0 saturated carbocycles. The molecule has 1 aromatic rings. The minimum Gasteiger partial charge on any atom is -0.476 e. The molecule has 0 saturated heterocycles. The van der Waals surface area contributed by atoms with Gasteiger partial charge in [0.15, 0.2) is 5.69 Å². The molecule has 0 radical (unpaired) electrons. The highest BCUT2D eigenvalue weighted by atomic mass is 16.4. The van der Waals surface area contributed by atoms with Crippen LogP contribution in [0, 0.1) is 0 Å². The number of rotatable bonds is 2. The maximum Gasteiger partial charge on any atom is 0.356 e. The number of aryl methyl sites for hydroxylation is 1. The van der Waals surface area contributed by atoms with Gasteiger partial charge in [-0.3, -0.25) is 0 Å². The van der Waals surface area contributed by atoms with E-state index in [4.69, 9.17) is 5.11 Å². The summed E-state index contributed by atoms with van der Waals surface area (Å²) in [6, 6.07) is 0. The molecule has 0 fully saturated rings. The molecule has 2 N–H and O–H groups in total. The number of aromatic carboxylic acids is 1. The van der Waals surface area contributed by atoms with Crippen molar-refractivity contribution in [2.45, 2.75) is 38.8 Å². The van der Waals surface area contributed by atoms with Gasteiger partial charge >= 0.3 is 5.97 Å². The Morgan fingerprint density at radius 3 is 3.00 bits per heavy atom. The van der Waals surface area contributed by atoms with Gasteiger partial charge in [-0.2, -0.15) is 0 Å². The van der Waals surface area contributed by atoms with Crippen molar-refractivity contribution in [3.05, 3.63) is 17.2 Å². The Bertz CT molecular complexity index is 398. The molecule has 5 nitrogen and oxygen atoms in total. The number of aliphatic hydroxyl groups is 1. The van der Waals surface area contributed by atoms with Gasteiger partial charge in [0.1, 0.15) is 5.82 Å². The number of aromatic nitrogens is 2. The first-order chi connectivity index (χ1) is 7.13. The standard InChI is InChI=1S/C10H14N2O3/c1-2-8-11-9(10(14)15)7-5-6(13)3-4-12(7)8/h6,13H,2-5H2,1H3,(H,14,15). The number of carboxylic acid groups (broad SMARTS) is 1. The molecule has 2 rings (SSSR count). The van der Waals surface area contributed by atoms with Crippen LogP contribution in [0.25, 0.3) is 0 Å². The summed E-state index contributed by atoms with van der Waals surface area (Å²) in [7, 11) is 0. The van der Waals surface area contributed by atoms with Crippen LogP contribution in [0.1, 0.15) is 35.4 Å². The van der Waals surface area contributed by atoms with E-state index in [-0.39, 0.29) is 5.69 Å². The van der Waals surface area contributed by atoms with E-state index in [1.54, 1.807) is 0 Å². The minimum atomic E-state index is -1.01. The molecule has 1 atom stereocenters. The summed E-state index contributed by atoms with van der Waals surface area (Å²) in [5.41, 5.74) is 0.767. The van der Waals surface area contributed by atoms with E-state index < -0.39 is 12.1 Å². The lowest BCUT2D eigenvalue weighted by Gasteiger charge is -2.21. The molecule has 0 bridgehead atoms. The first kappa shape index (κ1) is 10.2. The fourth-order valence-corrected chi connectivity index (χ4v) is 2.05. The first-order valence-corrected chi connectivity index (χ1v) is 5.13. The number of aliphatic hydroxyl groups excluding tert-OH is 1. The molecule has 0 amide bonds. The fourth-order valence-electron chi connectivity index (χ4n) is 2.05. The van der Waals surface area contributed by atoms with Crippen LogP contribution >= 0.6 is 0 Å². The zero-order chi connectivity index (χ0) is 11.0. The largest absolute Gasteiger partial charge is 0.476 e. The van der Waals surface area contributed by atoms with Crippen molar-refractivity contribution < 1.29 is 15.0 Å². The third-order valence-electron chi connectivity index (χ3n) is 2.79. The SMILES string of the molecule is CCc1nc(C(=O)O)c2n1CCC(O)C2. The molecular weight excluding hydrogens is 196 g/mol. The van der Waals surface area contributed by atoms with Crippen molar-refractivity contribution in [3.63, 3.8) is 0 Å². The van der Waals surface area contributed by atoms with Gasteiger partial charge in [-0.15, -0.1) is 0 Å². The Hall–Kier alpha value is -1.36. The average molecular weight is 210 g/mol. The summed E-state index contributed by atoms with van der Waals surface area (Å²) in [6.07, 6.45) is 1.36. The molecule has 1 aromatic heterocycles. The van der Waals surface area contributed by atoms with Crippen LogP contribution in [-0.4, -0.2) is 31.8 Å². The van der Waals surface area contributed by atoms with Crippen LogP contribution in [0.4, 0.5) is 0 Å². The van der Waals surface area contributed by atoms with Gasteiger partial charge in [0.25, 0.3) is 0 Å². The van der Waals surface area contributed by atoms with E-state index in [1.807, 2.05) is 11.5 Å². The molecule has 1 aliphatic rings. The molecule has 1 aliphatic heterocycles. The number of carbonyl (C=O) groups is 1. The normalized spacial score (nSPS) is 20.0. The van der Waals surface area contributed by atoms with Crippen LogP contribution in [0.3, 0.4) is 0 Å². The third kappa shape index (κ3) is 1.63. The number of hydrogen-bond acceptors (Lipinski definition) is 3. The second-order valence-corrected chi connectivity index (χ2v) is 3.78. The predicted molar refractivity (Wildman–Crippen MR) is 52.9 cm³/mol. The smallest absolute Gasteiger partial charge is 0.356 e. The molecular formula is C10H14N2O3. The second-order valence-electron chi connectivity index (χ2n) is 3.78. The van der Waals surface area contributed by atoms with Crippen LogP contribution in [0.2, 0.25) is 0 Å². The van der Waals surface area contributed by atoms with Gasteiger partial charge < -0.3 is 14.8 Å². The van der Waals surface area contributed by atoms with Crippen molar-refractivity contribution >= 4 is 5.97 Å². The van der Waals surface area contributed by atoms with Crippen molar-refractivity contribution in [2.75, 3.05) is 0 Å². The summed E-state index contributed by atoms with van der Waals surface area (Å²) < 4.78 is 1.93. The van der Waals surface area contributed by atoms with Gasteiger partial charge in [0, 0.05) is 19.4 Å². The molecule has 2 heterocycles. The molecule has 15 heavy (non-hydrogen) atoms. The van der Waals surface area contributed by atoms with Gasteiger partial charge in [-0.1, -0.05) is 6.92 Å². The van der Waals surface area contributed by atoms with Crippen molar-refractivity contribution in [2.24, 2.45) is 0 Å². The van der Waals surface area contributed by atoms with Crippen LogP contribution in [0.5, 0.6) is 0 Å². The highest BCUT2D eigenvalue weighted by molar-refractivity contribution is 5.87. The predicted octanol–water partition coefficient (Wildman–Crippen LogP) is 0.451. The average Bonchev–Trinajstić information content (AvgIpc) is 2.55. The van der Waals surface area contributed by atoms with E-state index in [2.05, 4.69) is 4.98 Å². The molecule has 0 spiro atoms. The van der Waals surface area contributed by atoms with Gasteiger partial charge in [-0.25, -0.2) is 9.78 Å². The zero-order valence-corrected chi connectivity index (χ0v) is 8.60. The van der Waals surface area contributed by atoms with Gasteiger partial charge in [0.05, 0.1) is 11.8 Å². The number of hydrogen-bond donors (Lipinski definition) is 2. The molecule has 0 aromatic carbocycles. The lowest BCUT2D eigenvalue weighted by Crippen LogP contribution is -2.25. The number of nitrogens with zero attached hydrogens (tertiary/aromatic N) is 2. The summed E-state index contributed by atoms with van der Waals surface area (Å²) in [6.45, 7) is 2.62. The quantitative estimate of drug-likeness (QED) is 0.743. The number of imidazole rings is 1. The summed E-state index contributed by atoms with van der Waals surface area (Å²) >= 11 is 0. The van der Waals surface area contributed by atoms with Gasteiger partial charge in [0.2, 0.25) is 0 Å². The monoisotopic (exact) mass is 210 g/mol. The summed E-state index contributed by atoms with van der Waals surface area (Å²) in [5, 5.41) is 18.5. The Morgan fingerprint density at radius 2 is 2.40 bits per heavy atom. The van der Waals surface area contributed by atoms with E-state index in [0.29, 0.717) is 25.1 Å². The van der Waals surface area contributed by atoms with E-state index in [9.17, 15) is 9.90 Å². The lowest BCUT2D eigenvalue weighted by atomic mass is 10.1. The summed E-state index contributed by atoms with van der Waals surface area (Å²) in [4.78, 5) is 15.0. The molecule has 82 valence electrons. The van der Waals surface area contributed by atoms with E-state index in [1.165, 1.54) is 0 Å². The second kappa shape index (κ2) is 3.66. The van der Waals surface area contributed by atoms with Crippen molar-refractivity contribution in [3.8, 4) is 0 Å². The van der Waals surface area contributed by atoms with Crippen LogP contribution < -0.4 is 0 Å². The summed E-state index contributed by atoms with van der Waals surface area (Å²) in [5.74, 6) is -0.207. The van der Waals surface area contributed by atoms with Crippen molar-refractivity contribution in [1.82, 2.24) is 9.55 Å². The zero-order valence-electron chi connectivity index (χ0n) is 8.60. The Labute approximate surface area is 87.4 Å². The molecule has 5 heteroatoms. The maximum atomic E-state index is 11.0. The van der Waals surface area contributed by atoms with E-state index >= 15 is 0 Å². The molecule has 0 aliphatic carbocycles. The maximum absolute atomic E-state index is 11.0. The third-order valence-corrected chi connectivity index (χ3v) is 2.79. The van der Waals surface area contributed by atoms with Crippen LogP contribution in [-0.2, 0) is 19.4 Å². The topological polar surface area (TPSA) is 75.3 Å². The highest BCUT2D eigenvalue weighted by Crippen LogP contribution is 2.21. The van der Waals surface area contributed by atoms with Gasteiger partial charge in [-0.05, 0) is 6.42 Å². The minimum absolute atomic E-state index is 0.102. The fraction of sp³-hybridized carbons (Fsp3) is 0.600. The molecule has 1 unspecified atom stereocenters. The van der Waals surface area contributed by atoms with E-state index in [0.717, 1.165) is 12.2 Å². The highest BCUT2D eigenvalue weighted by Gasteiger charge is 2.26. The lowest BCUT2D eigenvalue weighted by molar-refractivity contribution is 0.0687. The Balaban J connectivity index is 2.50.